The minimum atomic E-state index is 0.0439. The van der Waals surface area contributed by atoms with Gasteiger partial charge >= 0.3 is 0 Å². The van der Waals surface area contributed by atoms with E-state index >= 15 is 0 Å². The van der Waals surface area contributed by atoms with Crippen LogP contribution in [0.4, 0.5) is 0 Å². The van der Waals surface area contributed by atoms with Crippen molar-refractivity contribution in [3.8, 4) is 11.5 Å². The van der Waals surface area contributed by atoms with E-state index < -0.39 is 0 Å². The Hall–Kier alpha value is -1.36. The van der Waals surface area contributed by atoms with Crippen LogP contribution >= 0.6 is 11.8 Å². The Kier molecular flexibility index (Phi) is 7.89. The van der Waals surface area contributed by atoms with Crippen molar-refractivity contribution in [2.24, 2.45) is 0 Å². The van der Waals surface area contributed by atoms with Gasteiger partial charge in [0.2, 0.25) is 5.91 Å². The third-order valence-corrected chi connectivity index (χ3v) is 3.23. The third kappa shape index (κ3) is 6.96. The molecule has 0 heterocycles. The molecule has 0 aliphatic heterocycles. The quantitative estimate of drug-likeness (QED) is 0.707. The monoisotopic (exact) mass is 283 g/mol. The summed E-state index contributed by atoms with van der Waals surface area (Å²) in [4.78, 5) is 11.0. The van der Waals surface area contributed by atoms with Crippen LogP contribution in [0.25, 0.3) is 0 Å². The van der Waals surface area contributed by atoms with Crippen molar-refractivity contribution in [3.63, 3.8) is 0 Å². The smallest absolute Gasteiger partial charge is 0.229 e. The highest BCUT2D eigenvalue weighted by Crippen LogP contribution is 2.17. The lowest BCUT2D eigenvalue weighted by molar-refractivity contribution is -0.118. The van der Waals surface area contributed by atoms with Gasteiger partial charge in [0.1, 0.15) is 11.5 Å². The molecule has 19 heavy (non-hydrogen) atoms. The van der Waals surface area contributed by atoms with Crippen molar-refractivity contribution in [2.45, 2.75) is 13.3 Å². The van der Waals surface area contributed by atoms with Gasteiger partial charge in [0.25, 0.3) is 0 Å². The Morgan fingerprint density at radius 2 is 1.74 bits per heavy atom. The Labute approximate surface area is 118 Å². The average molecular weight is 283 g/mol. The molecule has 0 atom stereocenters. The van der Waals surface area contributed by atoms with Crippen LogP contribution in [0.5, 0.6) is 11.5 Å². The first-order valence-electron chi connectivity index (χ1n) is 6.40. The zero-order chi connectivity index (χ0) is 13.9. The Morgan fingerprint density at radius 1 is 1.16 bits per heavy atom. The molecule has 1 aromatic rings. The summed E-state index contributed by atoms with van der Waals surface area (Å²) < 4.78 is 11.1. The van der Waals surface area contributed by atoms with Crippen molar-refractivity contribution in [1.82, 2.24) is 5.32 Å². The fraction of sp³-hybridized carbons (Fsp3) is 0.500. The molecule has 0 aromatic heterocycles. The maximum Gasteiger partial charge on any atom is 0.229 e. The van der Waals surface area contributed by atoms with Crippen LogP contribution in [-0.4, -0.2) is 37.7 Å². The number of carbonyl (C=O) groups is 1. The van der Waals surface area contributed by atoms with Crippen LogP contribution in [0, 0.1) is 0 Å². The number of rotatable bonds is 9. The number of hydrogen-bond acceptors (Lipinski definition) is 4. The predicted molar refractivity (Wildman–Crippen MR) is 79.1 cm³/mol. The first-order chi connectivity index (χ1) is 9.26. The van der Waals surface area contributed by atoms with Crippen LogP contribution in [-0.2, 0) is 4.79 Å². The summed E-state index contributed by atoms with van der Waals surface area (Å²) in [5.74, 6) is 3.00. The molecule has 1 amide bonds. The van der Waals surface area contributed by atoms with E-state index in [1.807, 2.05) is 24.3 Å². The summed E-state index contributed by atoms with van der Waals surface area (Å²) in [5, 5.41) is 2.58. The second kappa shape index (κ2) is 9.55. The van der Waals surface area contributed by atoms with E-state index in [0.29, 0.717) is 12.4 Å². The Bertz CT molecular complexity index is 367. The van der Waals surface area contributed by atoms with Crippen LogP contribution in [0.2, 0.25) is 0 Å². The molecule has 0 unspecified atom stereocenters. The number of ether oxygens (including phenoxy) is 2. The molecule has 0 bridgehead atoms. The van der Waals surface area contributed by atoms with Gasteiger partial charge in [0.15, 0.2) is 0 Å². The van der Waals surface area contributed by atoms with E-state index in [-0.39, 0.29) is 5.91 Å². The summed E-state index contributed by atoms with van der Waals surface area (Å²) in [6.45, 7) is 3.40. The highest BCUT2D eigenvalue weighted by Gasteiger charge is 1.99. The van der Waals surface area contributed by atoms with E-state index in [9.17, 15) is 4.79 Å². The van der Waals surface area contributed by atoms with Crippen LogP contribution in [0.15, 0.2) is 24.3 Å². The zero-order valence-corrected chi connectivity index (χ0v) is 12.3. The van der Waals surface area contributed by atoms with Gasteiger partial charge < -0.3 is 14.8 Å². The van der Waals surface area contributed by atoms with Crippen LogP contribution in [0.1, 0.15) is 13.3 Å². The number of benzene rings is 1. The number of amides is 1. The molecule has 5 heteroatoms. The molecule has 0 radical (unpaired) electrons. The molecule has 1 aromatic carbocycles. The van der Waals surface area contributed by atoms with Crippen molar-refractivity contribution in [1.29, 1.82) is 0 Å². The second-order valence-electron chi connectivity index (χ2n) is 3.89. The molecule has 4 nitrogen and oxygen atoms in total. The summed E-state index contributed by atoms with van der Waals surface area (Å²) in [6.07, 6.45) is 1.00. The van der Waals surface area contributed by atoms with E-state index in [2.05, 4.69) is 12.2 Å². The standard InChI is InChI=1S/C14H21NO3S/c1-3-8-17-12-4-6-13(7-5-12)18-9-10-19-11-14(16)15-2/h4-7H,3,8-11H2,1-2H3,(H,15,16). The van der Waals surface area contributed by atoms with E-state index in [0.717, 1.165) is 30.3 Å². The topological polar surface area (TPSA) is 47.6 Å². The number of nitrogens with one attached hydrogen (secondary N) is 1. The maximum atomic E-state index is 11.0. The molecular weight excluding hydrogens is 262 g/mol. The molecule has 106 valence electrons. The van der Waals surface area contributed by atoms with Gasteiger partial charge in [-0.05, 0) is 30.7 Å². The van der Waals surface area contributed by atoms with Gasteiger partial charge in [-0.25, -0.2) is 0 Å². The minimum Gasteiger partial charge on any atom is -0.494 e. The normalized spacial score (nSPS) is 10.0. The number of thioether (sulfide) groups is 1. The first-order valence-corrected chi connectivity index (χ1v) is 7.55. The van der Waals surface area contributed by atoms with Crippen molar-refractivity contribution < 1.29 is 14.3 Å². The molecule has 0 saturated heterocycles. The van der Waals surface area contributed by atoms with Gasteiger partial charge in [-0.3, -0.25) is 4.79 Å². The fourth-order valence-electron chi connectivity index (χ4n) is 1.31. The van der Waals surface area contributed by atoms with Gasteiger partial charge in [-0.2, -0.15) is 0 Å². The molecule has 0 aliphatic rings. The molecule has 0 saturated carbocycles. The molecule has 0 spiro atoms. The highest BCUT2D eigenvalue weighted by atomic mass is 32.2. The Morgan fingerprint density at radius 3 is 2.26 bits per heavy atom. The lowest BCUT2D eigenvalue weighted by Gasteiger charge is -2.08. The molecule has 1 N–H and O–H groups in total. The second-order valence-corrected chi connectivity index (χ2v) is 5.00. The number of hydrogen-bond donors (Lipinski definition) is 1. The van der Waals surface area contributed by atoms with E-state index in [1.54, 1.807) is 18.8 Å². The summed E-state index contributed by atoms with van der Waals surface area (Å²) in [5.41, 5.74) is 0. The number of carbonyl (C=O) groups excluding carboxylic acids is 1. The third-order valence-electron chi connectivity index (χ3n) is 2.30. The lowest BCUT2D eigenvalue weighted by atomic mass is 10.3. The zero-order valence-electron chi connectivity index (χ0n) is 11.5. The summed E-state index contributed by atoms with van der Waals surface area (Å²) in [7, 11) is 1.64. The highest BCUT2D eigenvalue weighted by molar-refractivity contribution is 7.99. The van der Waals surface area contributed by atoms with Crippen molar-refractivity contribution in [2.75, 3.05) is 31.8 Å². The largest absolute Gasteiger partial charge is 0.494 e. The lowest BCUT2D eigenvalue weighted by Crippen LogP contribution is -2.20. The van der Waals surface area contributed by atoms with Gasteiger partial charge in [0, 0.05) is 12.8 Å². The van der Waals surface area contributed by atoms with Gasteiger partial charge in [0.05, 0.1) is 19.0 Å². The summed E-state index contributed by atoms with van der Waals surface area (Å²) in [6, 6.07) is 7.61. The van der Waals surface area contributed by atoms with E-state index in [4.69, 9.17) is 9.47 Å². The van der Waals surface area contributed by atoms with Crippen molar-refractivity contribution >= 4 is 17.7 Å². The molecule has 1 rings (SSSR count). The van der Waals surface area contributed by atoms with Crippen molar-refractivity contribution in [3.05, 3.63) is 24.3 Å². The molecular formula is C14H21NO3S. The van der Waals surface area contributed by atoms with Gasteiger partial charge in [-0.1, -0.05) is 6.92 Å². The maximum absolute atomic E-state index is 11.0. The van der Waals surface area contributed by atoms with Gasteiger partial charge in [-0.15, -0.1) is 11.8 Å². The average Bonchev–Trinajstić information content (AvgIpc) is 2.45. The fourth-order valence-corrected chi connectivity index (χ4v) is 1.98. The minimum absolute atomic E-state index is 0.0439. The SMILES string of the molecule is CCCOc1ccc(OCCSCC(=O)NC)cc1. The predicted octanol–water partition coefficient (Wildman–Crippen LogP) is 2.33. The Balaban J connectivity index is 2.17. The molecule has 0 fully saturated rings. The van der Waals surface area contributed by atoms with Crippen LogP contribution < -0.4 is 14.8 Å². The van der Waals surface area contributed by atoms with Crippen LogP contribution in [0.3, 0.4) is 0 Å². The molecule has 0 aliphatic carbocycles. The first kappa shape index (κ1) is 15.7. The van der Waals surface area contributed by atoms with E-state index in [1.165, 1.54) is 0 Å². The summed E-state index contributed by atoms with van der Waals surface area (Å²) >= 11 is 1.56.